The molecule has 0 aromatic heterocycles. The topological polar surface area (TPSA) is 78.9 Å². The second kappa shape index (κ2) is 11.3. The first-order valence-electron chi connectivity index (χ1n) is 13.1. The van der Waals surface area contributed by atoms with Crippen molar-refractivity contribution in [1.82, 2.24) is 0 Å². The van der Waals surface area contributed by atoms with Gasteiger partial charge in [0.2, 0.25) is 0 Å². The van der Waals surface area contributed by atoms with Gasteiger partial charge in [-0.2, -0.15) is 0 Å². The first-order valence-corrected chi connectivity index (χ1v) is 17.7. The molecule has 0 N–H and O–H groups in total. The molecular weight excluding hydrogens is 525 g/mol. The maximum absolute atomic E-state index is 14.5. The Morgan fingerprint density at radius 2 is 1.16 bits per heavy atom. The number of allylic oxidation sites excluding steroid dienone is 4. The Kier molecular flexibility index (Phi) is 8.71. The molecule has 1 saturated heterocycles. The van der Waals surface area contributed by atoms with Gasteiger partial charge >= 0.3 is 22.8 Å². The van der Waals surface area contributed by atoms with E-state index < -0.39 is 27.9 Å². The minimum Gasteiger partial charge on any atom is -0.258 e. The van der Waals surface area contributed by atoms with Gasteiger partial charge in [-0.1, -0.05) is 88.1 Å². The summed E-state index contributed by atoms with van der Waals surface area (Å²) in [6.45, 7) is 7.99. The first-order chi connectivity index (χ1) is 17.6. The van der Waals surface area contributed by atoms with E-state index in [2.05, 4.69) is 20.8 Å². The zero-order valence-corrected chi connectivity index (χ0v) is 24.8. The van der Waals surface area contributed by atoms with Gasteiger partial charge in [0.15, 0.2) is 0 Å². The summed E-state index contributed by atoms with van der Waals surface area (Å²) < 4.78 is 60.7. The van der Waals surface area contributed by atoms with E-state index in [1.807, 2.05) is 36.4 Å². The summed E-state index contributed by atoms with van der Waals surface area (Å²) >= 11 is 0. The van der Waals surface area contributed by atoms with E-state index in [1.165, 1.54) is 0 Å². The second-order valence-electron chi connectivity index (χ2n) is 9.99. The molecule has 1 aliphatic carbocycles. The molecule has 0 radical (unpaired) electrons. The van der Waals surface area contributed by atoms with Crippen LogP contribution in [0.2, 0.25) is 0 Å². The van der Waals surface area contributed by atoms with Gasteiger partial charge in [-0.05, 0) is 68.0 Å². The van der Waals surface area contributed by atoms with Crippen molar-refractivity contribution in [3.63, 3.8) is 0 Å². The maximum Gasteiger partial charge on any atom is 0.375 e. The van der Waals surface area contributed by atoms with Crippen LogP contribution in [-0.2, 0) is 39.5 Å². The molecule has 200 valence electrons. The van der Waals surface area contributed by atoms with Crippen molar-refractivity contribution in [2.75, 3.05) is 0 Å². The predicted octanol–water partition coefficient (Wildman–Crippen LogP) is 8.63. The SMILES string of the molecule is CCCC1=CCC(C)(P2(=O)OP(=O)(c3ccc(CCC)cc3)OP(=O)(c3ccc(CCC)cc3)O2)C=C1. The second-order valence-corrected chi connectivity index (χ2v) is 17.0. The number of aryl methyl sites for hydroxylation is 2. The van der Waals surface area contributed by atoms with Gasteiger partial charge in [0.25, 0.3) is 0 Å². The number of rotatable bonds is 9. The third kappa shape index (κ3) is 5.91. The lowest BCUT2D eigenvalue weighted by molar-refractivity contribution is 0.276. The molecule has 3 unspecified atom stereocenters. The zero-order chi connectivity index (χ0) is 26.7. The Morgan fingerprint density at radius 3 is 1.54 bits per heavy atom. The molecule has 1 aliphatic heterocycles. The van der Waals surface area contributed by atoms with Crippen LogP contribution in [0.15, 0.2) is 72.3 Å². The van der Waals surface area contributed by atoms with Crippen LogP contribution in [0.5, 0.6) is 0 Å². The Bertz CT molecular complexity index is 1240. The van der Waals surface area contributed by atoms with Crippen molar-refractivity contribution in [3.8, 4) is 0 Å². The summed E-state index contributed by atoms with van der Waals surface area (Å²) in [5.74, 6) is 0. The normalized spacial score (nSPS) is 31.7. The summed E-state index contributed by atoms with van der Waals surface area (Å²) in [7, 11) is -12.8. The Hall–Kier alpha value is -1.51. The van der Waals surface area contributed by atoms with Crippen molar-refractivity contribution >= 4 is 33.4 Å². The maximum atomic E-state index is 14.5. The van der Waals surface area contributed by atoms with Crippen LogP contribution in [0.3, 0.4) is 0 Å². The number of hydrogen-bond donors (Lipinski definition) is 0. The third-order valence-corrected chi connectivity index (χ3v) is 15.4. The smallest absolute Gasteiger partial charge is 0.258 e. The summed E-state index contributed by atoms with van der Waals surface area (Å²) in [5, 5.41) is -0.725. The molecule has 9 heteroatoms. The fourth-order valence-electron chi connectivity index (χ4n) is 4.55. The van der Waals surface area contributed by atoms with Crippen LogP contribution in [0.25, 0.3) is 0 Å². The van der Waals surface area contributed by atoms with Crippen LogP contribution in [0, 0.1) is 0 Å². The van der Waals surface area contributed by atoms with Crippen LogP contribution >= 0.6 is 22.8 Å². The first kappa shape index (κ1) is 28.5. The fourth-order valence-corrected chi connectivity index (χ4v) is 13.7. The lowest BCUT2D eigenvalue weighted by Crippen LogP contribution is -2.30. The monoisotopic (exact) mass is 562 g/mol. The highest BCUT2D eigenvalue weighted by atomic mass is 31.3. The molecule has 2 aliphatic rings. The van der Waals surface area contributed by atoms with Crippen LogP contribution in [0.4, 0.5) is 0 Å². The van der Waals surface area contributed by atoms with Crippen molar-refractivity contribution in [2.45, 2.75) is 77.8 Å². The molecule has 2 aromatic carbocycles. The van der Waals surface area contributed by atoms with Gasteiger partial charge in [0.1, 0.15) is 0 Å². The average Bonchev–Trinajstić information content (AvgIpc) is 2.86. The quantitative estimate of drug-likeness (QED) is 0.285. The van der Waals surface area contributed by atoms with E-state index in [0.717, 1.165) is 55.2 Å². The summed E-state index contributed by atoms with van der Waals surface area (Å²) in [6, 6.07) is 14.0. The van der Waals surface area contributed by atoms with Gasteiger partial charge in [-0.25, -0.2) is 12.9 Å². The molecule has 37 heavy (non-hydrogen) atoms. The van der Waals surface area contributed by atoms with Gasteiger partial charge in [0.05, 0.1) is 15.8 Å². The highest BCUT2D eigenvalue weighted by Gasteiger charge is 2.61. The van der Waals surface area contributed by atoms with Gasteiger partial charge < -0.3 is 0 Å². The average molecular weight is 563 g/mol. The molecule has 0 amide bonds. The van der Waals surface area contributed by atoms with Crippen molar-refractivity contribution < 1.29 is 26.6 Å². The molecule has 2 aromatic rings. The Balaban J connectivity index is 1.78. The summed E-state index contributed by atoms with van der Waals surface area (Å²) in [5.41, 5.74) is 3.27. The molecule has 0 spiro atoms. The molecule has 1 fully saturated rings. The minimum absolute atomic E-state index is 0.212. The largest absolute Gasteiger partial charge is 0.375 e. The van der Waals surface area contributed by atoms with E-state index in [1.54, 1.807) is 37.3 Å². The van der Waals surface area contributed by atoms with E-state index in [0.29, 0.717) is 6.42 Å². The lowest BCUT2D eigenvalue weighted by atomic mass is 9.95. The molecule has 0 saturated carbocycles. The molecular formula is C28H37O6P3. The van der Waals surface area contributed by atoms with E-state index >= 15 is 0 Å². The Labute approximate surface area is 221 Å². The predicted molar refractivity (Wildman–Crippen MR) is 151 cm³/mol. The zero-order valence-electron chi connectivity index (χ0n) is 22.1. The minimum atomic E-state index is -4.28. The van der Waals surface area contributed by atoms with E-state index in [4.69, 9.17) is 12.9 Å². The fraction of sp³-hybridized carbons (Fsp3) is 0.429. The van der Waals surface area contributed by atoms with Crippen LogP contribution in [-0.4, -0.2) is 5.16 Å². The highest BCUT2D eigenvalue weighted by Crippen LogP contribution is 2.85. The van der Waals surface area contributed by atoms with Crippen molar-refractivity contribution in [2.24, 2.45) is 0 Å². The number of hydrogen-bond acceptors (Lipinski definition) is 6. The van der Waals surface area contributed by atoms with Crippen molar-refractivity contribution in [3.05, 3.63) is 83.5 Å². The van der Waals surface area contributed by atoms with Crippen LogP contribution in [0.1, 0.15) is 70.9 Å². The standard InChI is InChI=1S/C28H37O6P3/c1-5-8-23-11-15-26(16-12-23)35(29)32-36(30,27-17-13-24(9-6-2)14-18-27)34-37(31,33-35)28(4)21-19-25(10-7-3)20-22-28/h11-21H,5-10,22H2,1-4H3. The van der Waals surface area contributed by atoms with E-state index in [-0.39, 0.29) is 10.6 Å². The van der Waals surface area contributed by atoms with Gasteiger partial charge in [0, 0.05) is 0 Å². The summed E-state index contributed by atoms with van der Waals surface area (Å²) in [4.78, 5) is 0. The molecule has 6 nitrogen and oxygen atoms in total. The molecule has 3 atom stereocenters. The third-order valence-electron chi connectivity index (χ3n) is 6.83. The van der Waals surface area contributed by atoms with Crippen molar-refractivity contribution in [1.29, 1.82) is 0 Å². The lowest BCUT2D eigenvalue weighted by Gasteiger charge is -2.41. The molecule has 4 rings (SSSR count). The Morgan fingerprint density at radius 1 is 0.703 bits per heavy atom. The highest BCUT2D eigenvalue weighted by molar-refractivity contribution is 7.85. The van der Waals surface area contributed by atoms with Gasteiger partial charge in [-0.3, -0.25) is 13.7 Å². The molecule has 0 bridgehead atoms. The number of benzene rings is 2. The van der Waals surface area contributed by atoms with Crippen LogP contribution < -0.4 is 10.6 Å². The van der Waals surface area contributed by atoms with E-state index in [9.17, 15) is 13.7 Å². The summed E-state index contributed by atoms with van der Waals surface area (Å²) in [6.07, 6.45) is 11.6. The van der Waals surface area contributed by atoms with Gasteiger partial charge in [-0.15, -0.1) is 0 Å². The molecule has 1 heterocycles.